The number of allylic oxidation sites excluding steroid dienone is 2. The fraction of sp³-hybridized carbons (Fsp3) is 0.261. The van der Waals surface area contributed by atoms with Crippen molar-refractivity contribution >= 4 is 17.3 Å². The average Bonchev–Trinajstić information content (AvgIpc) is 2.99. The first kappa shape index (κ1) is 18.0. The first-order chi connectivity index (χ1) is 13.9. The molecule has 1 heterocycles. The molecular weight excluding hydrogens is 379 g/mol. The van der Waals surface area contributed by atoms with E-state index in [1.54, 1.807) is 12.1 Å². The molecule has 0 saturated heterocycles. The normalized spacial score (nSPS) is 23.5. The van der Waals surface area contributed by atoms with Gasteiger partial charge in [-0.3, -0.25) is 14.6 Å². The largest absolute Gasteiger partial charge is 0.416 e. The fourth-order valence-electron chi connectivity index (χ4n) is 4.69. The second kappa shape index (κ2) is 6.24. The SMILES string of the molecule is O=C1CCCC2=C1[C@@H](c1ccc(C(F)(F)F)cc1)C1C(=O)c3ccccc3C1=N2. The number of aliphatic imine (C=N–C) groups is 1. The van der Waals surface area contributed by atoms with E-state index in [0.717, 1.165) is 17.7 Å². The number of nitrogens with zero attached hydrogens (tertiary/aromatic N) is 1. The van der Waals surface area contributed by atoms with E-state index in [4.69, 9.17) is 4.99 Å². The van der Waals surface area contributed by atoms with Crippen LogP contribution in [-0.4, -0.2) is 17.3 Å². The number of Topliss-reactive ketones (excluding diaryl/α,β-unsaturated/α-hetero) is 2. The zero-order valence-corrected chi connectivity index (χ0v) is 15.3. The first-order valence-corrected chi connectivity index (χ1v) is 9.52. The Bertz CT molecular complexity index is 1110. The van der Waals surface area contributed by atoms with Crippen molar-refractivity contribution in [2.75, 3.05) is 0 Å². The van der Waals surface area contributed by atoms with Crippen LogP contribution in [0.2, 0.25) is 0 Å². The number of carbonyl (C=O) groups excluding carboxylic acids is 2. The number of hydrogen-bond acceptors (Lipinski definition) is 3. The van der Waals surface area contributed by atoms with Crippen molar-refractivity contribution in [1.29, 1.82) is 0 Å². The van der Waals surface area contributed by atoms with Crippen LogP contribution in [0.4, 0.5) is 13.2 Å². The molecule has 0 radical (unpaired) electrons. The zero-order valence-electron chi connectivity index (χ0n) is 15.3. The molecule has 2 aliphatic carbocycles. The summed E-state index contributed by atoms with van der Waals surface area (Å²) in [5, 5.41) is 0. The minimum absolute atomic E-state index is 0.0669. The molecule has 3 aliphatic rings. The highest BCUT2D eigenvalue weighted by Crippen LogP contribution is 2.48. The highest BCUT2D eigenvalue weighted by Gasteiger charge is 2.48. The summed E-state index contributed by atoms with van der Waals surface area (Å²) >= 11 is 0. The summed E-state index contributed by atoms with van der Waals surface area (Å²) in [4.78, 5) is 30.7. The molecule has 5 rings (SSSR count). The Morgan fingerprint density at radius 1 is 0.862 bits per heavy atom. The summed E-state index contributed by atoms with van der Waals surface area (Å²) in [6, 6.07) is 12.0. The topological polar surface area (TPSA) is 46.5 Å². The van der Waals surface area contributed by atoms with Crippen LogP contribution in [0, 0.1) is 5.92 Å². The molecule has 146 valence electrons. The molecule has 29 heavy (non-hydrogen) atoms. The molecule has 0 bridgehead atoms. The van der Waals surface area contributed by atoms with Gasteiger partial charge in [0.15, 0.2) is 11.6 Å². The van der Waals surface area contributed by atoms with Gasteiger partial charge in [-0.05, 0) is 30.5 Å². The number of carbonyl (C=O) groups is 2. The molecule has 3 nitrogen and oxygen atoms in total. The van der Waals surface area contributed by atoms with Crippen molar-refractivity contribution in [2.24, 2.45) is 10.9 Å². The average molecular weight is 395 g/mol. The highest BCUT2D eigenvalue weighted by molar-refractivity contribution is 6.30. The van der Waals surface area contributed by atoms with Gasteiger partial charge in [-0.15, -0.1) is 0 Å². The highest BCUT2D eigenvalue weighted by atomic mass is 19.4. The third kappa shape index (κ3) is 2.69. The summed E-state index contributed by atoms with van der Waals surface area (Å²) in [6.45, 7) is 0. The Labute approximate surface area is 165 Å². The molecule has 0 amide bonds. The molecule has 2 atom stereocenters. The second-order valence-corrected chi connectivity index (χ2v) is 7.62. The van der Waals surface area contributed by atoms with Crippen LogP contribution < -0.4 is 0 Å². The summed E-state index contributed by atoms with van der Waals surface area (Å²) < 4.78 is 39.0. The molecule has 2 aromatic carbocycles. The maximum Gasteiger partial charge on any atom is 0.416 e. The van der Waals surface area contributed by atoms with Crippen molar-refractivity contribution < 1.29 is 22.8 Å². The van der Waals surface area contributed by atoms with Crippen LogP contribution in [0.3, 0.4) is 0 Å². The predicted octanol–water partition coefficient (Wildman–Crippen LogP) is 5.11. The van der Waals surface area contributed by atoms with Gasteiger partial charge in [0.2, 0.25) is 0 Å². The number of hydrogen-bond donors (Lipinski definition) is 0. The second-order valence-electron chi connectivity index (χ2n) is 7.62. The monoisotopic (exact) mass is 395 g/mol. The van der Waals surface area contributed by atoms with Gasteiger partial charge < -0.3 is 0 Å². The van der Waals surface area contributed by atoms with Crippen molar-refractivity contribution in [1.82, 2.24) is 0 Å². The van der Waals surface area contributed by atoms with Gasteiger partial charge in [0.1, 0.15) is 0 Å². The van der Waals surface area contributed by atoms with Gasteiger partial charge in [0, 0.05) is 34.7 Å². The van der Waals surface area contributed by atoms with E-state index in [1.807, 2.05) is 12.1 Å². The number of halogens is 3. The minimum atomic E-state index is -4.44. The number of benzene rings is 2. The molecule has 0 fully saturated rings. The third-order valence-electron chi connectivity index (χ3n) is 5.97. The Morgan fingerprint density at radius 3 is 2.24 bits per heavy atom. The molecule has 0 spiro atoms. The van der Waals surface area contributed by atoms with E-state index in [0.29, 0.717) is 47.4 Å². The van der Waals surface area contributed by atoms with Crippen LogP contribution in [0.15, 0.2) is 64.8 Å². The smallest absolute Gasteiger partial charge is 0.294 e. The first-order valence-electron chi connectivity index (χ1n) is 9.52. The van der Waals surface area contributed by atoms with Crippen LogP contribution in [0.25, 0.3) is 0 Å². The Kier molecular flexibility index (Phi) is 3.88. The van der Waals surface area contributed by atoms with Gasteiger partial charge in [-0.1, -0.05) is 36.4 Å². The lowest BCUT2D eigenvalue weighted by Crippen LogP contribution is -2.33. The Hall–Kier alpha value is -3.02. The summed E-state index contributed by atoms with van der Waals surface area (Å²) in [6.07, 6.45) is -2.75. The van der Waals surface area contributed by atoms with Crippen LogP contribution >= 0.6 is 0 Å². The molecular formula is C23H16F3NO2. The third-order valence-corrected chi connectivity index (χ3v) is 5.97. The summed E-state index contributed by atoms with van der Waals surface area (Å²) in [5.74, 6) is -1.48. The quantitative estimate of drug-likeness (QED) is 0.674. The van der Waals surface area contributed by atoms with Gasteiger partial charge in [-0.2, -0.15) is 13.2 Å². The lowest BCUT2D eigenvalue weighted by molar-refractivity contribution is -0.137. The van der Waals surface area contributed by atoms with Crippen LogP contribution in [0.5, 0.6) is 0 Å². The molecule has 0 aromatic heterocycles. The van der Waals surface area contributed by atoms with E-state index >= 15 is 0 Å². The van der Waals surface area contributed by atoms with Crippen molar-refractivity contribution in [3.05, 3.63) is 82.1 Å². The van der Waals surface area contributed by atoms with Crippen LogP contribution in [-0.2, 0) is 11.0 Å². The van der Waals surface area contributed by atoms with E-state index in [9.17, 15) is 22.8 Å². The summed E-state index contributed by atoms with van der Waals surface area (Å²) in [7, 11) is 0. The molecule has 2 aromatic rings. The van der Waals surface area contributed by atoms with E-state index in [-0.39, 0.29) is 11.6 Å². The van der Waals surface area contributed by atoms with Crippen LogP contribution in [0.1, 0.15) is 52.2 Å². The Balaban J connectivity index is 1.69. The Morgan fingerprint density at radius 2 is 1.55 bits per heavy atom. The molecule has 1 aliphatic heterocycles. The fourth-order valence-corrected chi connectivity index (χ4v) is 4.69. The number of fused-ring (bicyclic) bond motifs is 3. The maximum atomic E-state index is 13.2. The number of rotatable bonds is 1. The number of alkyl halides is 3. The molecule has 6 heteroatoms. The van der Waals surface area contributed by atoms with E-state index < -0.39 is 23.6 Å². The molecule has 1 unspecified atom stereocenters. The maximum absolute atomic E-state index is 13.2. The van der Waals surface area contributed by atoms with Gasteiger partial charge in [-0.25, -0.2) is 0 Å². The van der Waals surface area contributed by atoms with E-state index in [1.165, 1.54) is 12.1 Å². The number of ketones is 2. The minimum Gasteiger partial charge on any atom is -0.294 e. The van der Waals surface area contributed by atoms with Crippen molar-refractivity contribution in [3.8, 4) is 0 Å². The zero-order chi connectivity index (χ0) is 20.3. The lowest BCUT2D eigenvalue weighted by Gasteiger charge is -2.33. The molecule has 0 N–H and O–H groups in total. The van der Waals surface area contributed by atoms with Crippen molar-refractivity contribution in [3.63, 3.8) is 0 Å². The van der Waals surface area contributed by atoms with Gasteiger partial charge in [0.25, 0.3) is 0 Å². The molecule has 0 saturated carbocycles. The predicted molar refractivity (Wildman–Crippen MR) is 101 cm³/mol. The summed E-state index contributed by atoms with van der Waals surface area (Å²) in [5.41, 5.74) is 2.89. The van der Waals surface area contributed by atoms with Crippen molar-refractivity contribution in [2.45, 2.75) is 31.4 Å². The van der Waals surface area contributed by atoms with Gasteiger partial charge >= 0.3 is 6.18 Å². The van der Waals surface area contributed by atoms with E-state index in [2.05, 4.69) is 0 Å². The standard InChI is InChI=1S/C23H16F3NO2/c24-23(25,26)13-10-8-12(9-11-13)18-19-16(6-3-7-17(19)28)27-21-14-4-1-2-5-15(14)22(29)20(18)21/h1-2,4-5,8-11,18,20H,3,6-7H2/t18-,20?/m1/s1. The lowest BCUT2D eigenvalue weighted by atomic mass is 9.71. The van der Waals surface area contributed by atoms with Gasteiger partial charge in [0.05, 0.1) is 17.2 Å².